The van der Waals surface area contributed by atoms with Gasteiger partial charge in [-0.05, 0) is 24.6 Å². The van der Waals surface area contributed by atoms with Crippen LogP contribution in [0.15, 0.2) is 24.3 Å². The molecular formula is C13H18N4O. The van der Waals surface area contributed by atoms with Crippen LogP contribution in [0.4, 0.5) is 5.69 Å². The van der Waals surface area contributed by atoms with Gasteiger partial charge in [0.25, 0.3) is 5.91 Å². The molecule has 0 fully saturated rings. The number of carbonyl (C=O) groups excluding carboxylic acids is 1. The SMILES string of the molecule is CCCC(C(=O)NN)N(C)c1cccc(C#N)c1. The van der Waals surface area contributed by atoms with Crippen LogP contribution >= 0.6 is 0 Å². The van der Waals surface area contributed by atoms with Gasteiger partial charge in [-0.3, -0.25) is 10.2 Å². The summed E-state index contributed by atoms with van der Waals surface area (Å²) in [5.74, 6) is 4.98. The minimum Gasteiger partial charge on any atom is -0.363 e. The Morgan fingerprint density at radius 3 is 2.89 bits per heavy atom. The predicted octanol–water partition coefficient (Wildman–Crippen LogP) is 1.15. The first-order chi connectivity index (χ1) is 8.63. The van der Waals surface area contributed by atoms with Gasteiger partial charge in [-0.25, -0.2) is 5.84 Å². The zero-order valence-electron chi connectivity index (χ0n) is 10.7. The Balaban J connectivity index is 2.97. The number of nitrogens with zero attached hydrogens (tertiary/aromatic N) is 2. The molecule has 0 aromatic heterocycles. The van der Waals surface area contributed by atoms with Gasteiger partial charge in [0.2, 0.25) is 0 Å². The molecule has 1 amide bonds. The summed E-state index contributed by atoms with van der Waals surface area (Å²) in [6.07, 6.45) is 1.58. The second-order valence-electron chi connectivity index (χ2n) is 4.09. The standard InChI is InChI=1S/C13H18N4O/c1-3-5-12(13(18)16-15)17(2)11-7-4-6-10(8-11)9-14/h4,6-8,12H,3,5,15H2,1-2H3,(H,16,18). The van der Waals surface area contributed by atoms with Crippen molar-refractivity contribution < 1.29 is 4.79 Å². The Morgan fingerprint density at radius 1 is 1.61 bits per heavy atom. The second-order valence-corrected chi connectivity index (χ2v) is 4.09. The van der Waals surface area contributed by atoms with Crippen molar-refractivity contribution in [3.63, 3.8) is 0 Å². The summed E-state index contributed by atoms with van der Waals surface area (Å²) in [6.45, 7) is 2.01. The largest absolute Gasteiger partial charge is 0.363 e. The minimum absolute atomic E-state index is 0.221. The number of likely N-dealkylation sites (N-methyl/N-ethyl adjacent to an activating group) is 1. The van der Waals surface area contributed by atoms with E-state index in [1.54, 1.807) is 18.2 Å². The van der Waals surface area contributed by atoms with Gasteiger partial charge in [0.15, 0.2) is 0 Å². The van der Waals surface area contributed by atoms with Gasteiger partial charge in [0.05, 0.1) is 11.6 Å². The topological polar surface area (TPSA) is 82.2 Å². The van der Waals surface area contributed by atoms with E-state index in [0.717, 1.165) is 12.1 Å². The molecule has 0 heterocycles. The van der Waals surface area contributed by atoms with Gasteiger partial charge in [-0.1, -0.05) is 19.4 Å². The summed E-state index contributed by atoms with van der Waals surface area (Å²) in [5.41, 5.74) is 3.59. The molecule has 5 heteroatoms. The molecule has 3 N–H and O–H groups in total. The van der Waals surface area contributed by atoms with Crippen molar-refractivity contribution in [1.29, 1.82) is 5.26 Å². The summed E-state index contributed by atoms with van der Waals surface area (Å²) in [5, 5.41) is 8.87. The van der Waals surface area contributed by atoms with Gasteiger partial charge < -0.3 is 4.90 Å². The summed E-state index contributed by atoms with van der Waals surface area (Å²) < 4.78 is 0. The van der Waals surface area contributed by atoms with Gasteiger partial charge >= 0.3 is 0 Å². The molecular weight excluding hydrogens is 228 g/mol. The fourth-order valence-corrected chi connectivity index (χ4v) is 1.85. The lowest BCUT2D eigenvalue weighted by Crippen LogP contribution is -2.47. The van der Waals surface area contributed by atoms with Crippen LogP contribution in [0.3, 0.4) is 0 Å². The molecule has 0 saturated heterocycles. The molecule has 0 spiro atoms. The first-order valence-corrected chi connectivity index (χ1v) is 5.87. The molecule has 0 aliphatic carbocycles. The molecule has 5 nitrogen and oxygen atoms in total. The van der Waals surface area contributed by atoms with E-state index in [9.17, 15) is 4.79 Å². The van der Waals surface area contributed by atoms with Crippen molar-refractivity contribution in [2.75, 3.05) is 11.9 Å². The van der Waals surface area contributed by atoms with Crippen molar-refractivity contribution in [3.05, 3.63) is 29.8 Å². The molecule has 1 aromatic carbocycles. The number of nitriles is 1. The number of amides is 1. The van der Waals surface area contributed by atoms with E-state index in [1.807, 2.05) is 24.9 Å². The van der Waals surface area contributed by atoms with E-state index in [4.69, 9.17) is 11.1 Å². The molecule has 0 radical (unpaired) electrons. The van der Waals surface area contributed by atoms with Crippen molar-refractivity contribution in [1.82, 2.24) is 5.43 Å². The molecule has 96 valence electrons. The van der Waals surface area contributed by atoms with Crippen LogP contribution in [0.25, 0.3) is 0 Å². The van der Waals surface area contributed by atoms with E-state index in [1.165, 1.54) is 0 Å². The van der Waals surface area contributed by atoms with Gasteiger partial charge in [-0.15, -0.1) is 0 Å². The molecule has 0 saturated carbocycles. The van der Waals surface area contributed by atoms with Crippen molar-refractivity contribution in [2.45, 2.75) is 25.8 Å². The summed E-state index contributed by atoms with van der Waals surface area (Å²) in [4.78, 5) is 13.6. The Hall–Kier alpha value is -2.06. The summed E-state index contributed by atoms with van der Waals surface area (Å²) in [6, 6.07) is 8.91. The highest BCUT2D eigenvalue weighted by Crippen LogP contribution is 2.19. The minimum atomic E-state index is -0.325. The molecule has 1 aromatic rings. The van der Waals surface area contributed by atoms with E-state index >= 15 is 0 Å². The smallest absolute Gasteiger partial charge is 0.256 e. The molecule has 1 rings (SSSR count). The Bertz CT molecular complexity index is 453. The maximum Gasteiger partial charge on any atom is 0.256 e. The van der Waals surface area contributed by atoms with Gasteiger partial charge in [-0.2, -0.15) is 5.26 Å². The third-order valence-corrected chi connectivity index (χ3v) is 2.86. The molecule has 0 aliphatic rings. The lowest BCUT2D eigenvalue weighted by Gasteiger charge is -2.28. The monoisotopic (exact) mass is 246 g/mol. The van der Waals surface area contributed by atoms with Crippen LogP contribution < -0.4 is 16.2 Å². The first kappa shape index (κ1) is 14.0. The summed E-state index contributed by atoms with van der Waals surface area (Å²) in [7, 11) is 1.83. The lowest BCUT2D eigenvalue weighted by molar-refractivity contribution is -0.122. The van der Waals surface area contributed by atoms with E-state index in [0.29, 0.717) is 12.0 Å². The van der Waals surface area contributed by atoms with E-state index in [-0.39, 0.29) is 11.9 Å². The molecule has 1 unspecified atom stereocenters. The highest BCUT2D eigenvalue weighted by Gasteiger charge is 2.21. The van der Waals surface area contributed by atoms with Crippen LogP contribution in [0.2, 0.25) is 0 Å². The number of hydrogen-bond donors (Lipinski definition) is 2. The number of rotatable bonds is 5. The Kier molecular flexibility index (Phi) is 5.15. The molecule has 0 bridgehead atoms. The van der Waals surface area contributed by atoms with Crippen LogP contribution in [0.1, 0.15) is 25.3 Å². The number of nitrogens with two attached hydrogens (primary N) is 1. The fourth-order valence-electron chi connectivity index (χ4n) is 1.85. The highest BCUT2D eigenvalue weighted by atomic mass is 16.2. The quantitative estimate of drug-likeness (QED) is 0.464. The first-order valence-electron chi connectivity index (χ1n) is 5.87. The van der Waals surface area contributed by atoms with Gasteiger partial charge in [0.1, 0.15) is 6.04 Å². The summed E-state index contributed by atoms with van der Waals surface area (Å²) >= 11 is 0. The number of hydrazine groups is 1. The number of nitrogens with one attached hydrogen (secondary N) is 1. The second kappa shape index (κ2) is 6.62. The average Bonchev–Trinajstić information content (AvgIpc) is 2.43. The third-order valence-electron chi connectivity index (χ3n) is 2.86. The third kappa shape index (κ3) is 3.22. The number of hydrogen-bond acceptors (Lipinski definition) is 4. The van der Waals surface area contributed by atoms with E-state index < -0.39 is 0 Å². The highest BCUT2D eigenvalue weighted by molar-refractivity contribution is 5.84. The Labute approximate surface area is 107 Å². The fraction of sp³-hybridized carbons (Fsp3) is 0.385. The van der Waals surface area contributed by atoms with Crippen LogP contribution in [0.5, 0.6) is 0 Å². The number of carbonyl (C=O) groups is 1. The lowest BCUT2D eigenvalue weighted by atomic mass is 10.1. The number of anilines is 1. The number of benzene rings is 1. The van der Waals surface area contributed by atoms with Crippen molar-refractivity contribution in [2.24, 2.45) is 5.84 Å². The molecule has 18 heavy (non-hydrogen) atoms. The van der Waals surface area contributed by atoms with Crippen molar-refractivity contribution >= 4 is 11.6 Å². The predicted molar refractivity (Wildman–Crippen MR) is 70.6 cm³/mol. The van der Waals surface area contributed by atoms with Gasteiger partial charge in [0, 0.05) is 12.7 Å². The normalized spacial score (nSPS) is 11.4. The van der Waals surface area contributed by atoms with Crippen LogP contribution in [0, 0.1) is 11.3 Å². The van der Waals surface area contributed by atoms with E-state index in [2.05, 4.69) is 11.5 Å². The zero-order chi connectivity index (χ0) is 13.5. The zero-order valence-corrected chi connectivity index (χ0v) is 10.7. The maximum atomic E-state index is 11.7. The maximum absolute atomic E-state index is 11.7. The average molecular weight is 246 g/mol. The van der Waals surface area contributed by atoms with Crippen molar-refractivity contribution in [3.8, 4) is 6.07 Å². The van der Waals surface area contributed by atoms with Crippen LogP contribution in [-0.4, -0.2) is 19.0 Å². The molecule has 1 atom stereocenters. The Morgan fingerprint density at radius 2 is 2.33 bits per heavy atom. The molecule has 0 aliphatic heterocycles. The van der Waals surface area contributed by atoms with Crippen LogP contribution in [-0.2, 0) is 4.79 Å².